The number of aryl methyl sites for hydroxylation is 1. The molecule has 0 radical (unpaired) electrons. The molecule has 5 nitrogen and oxygen atoms in total. The van der Waals surface area contributed by atoms with Crippen molar-refractivity contribution in [1.82, 2.24) is 4.98 Å². The molecule has 1 aromatic heterocycles. The first-order valence-electron chi connectivity index (χ1n) is 8.68. The first-order chi connectivity index (χ1) is 12.6. The molecule has 0 bridgehead atoms. The van der Waals surface area contributed by atoms with E-state index in [9.17, 15) is 4.79 Å². The Kier molecular flexibility index (Phi) is 5.37. The van der Waals surface area contributed by atoms with Crippen LogP contribution < -0.4 is 10.1 Å². The number of ether oxygens (including phenoxy) is 2. The number of hydrogen-bond acceptors (Lipinski definition) is 5. The monoisotopic (exact) mass is 350 g/mol. The molecule has 0 saturated carbocycles. The molecule has 0 aliphatic rings. The molecule has 0 amide bonds. The van der Waals surface area contributed by atoms with Gasteiger partial charge in [-0.1, -0.05) is 11.6 Å². The summed E-state index contributed by atoms with van der Waals surface area (Å²) in [5.74, 6) is 0.413. The van der Waals surface area contributed by atoms with Gasteiger partial charge in [-0.05, 0) is 57.2 Å². The topological polar surface area (TPSA) is 60.5 Å². The Morgan fingerprint density at radius 1 is 1.08 bits per heavy atom. The number of carbonyl (C=O) groups is 1. The van der Waals surface area contributed by atoms with Crippen molar-refractivity contribution in [2.24, 2.45) is 0 Å². The summed E-state index contributed by atoms with van der Waals surface area (Å²) in [5, 5.41) is 4.23. The minimum atomic E-state index is -0.392. The number of carbonyl (C=O) groups excluding carboxylic acids is 1. The van der Waals surface area contributed by atoms with Crippen LogP contribution in [0.25, 0.3) is 10.9 Å². The molecule has 0 fully saturated rings. The van der Waals surface area contributed by atoms with E-state index in [-0.39, 0.29) is 0 Å². The van der Waals surface area contributed by atoms with E-state index in [2.05, 4.69) is 10.3 Å². The lowest BCUT2D eigenvalue weighted by atomic mass is 10.1. The van der Waals surface area contributed by atoms with Crippen molar-refractivity contribution in [2.45, 2.75) is 20.8 Å². The average molecular weight is 350 g/mol. The Morgan fingerprint density at radius 3 is 2.54 bits per heavy atom. The molecule has 2 aromatic carbocycles. The Labute approximate surface area is 153 Å². The van der Waals surface area contributed by atoms with Crippen molar-refractivity contribution in [2.75, 3.05) is 18.5 Å². The SMILES string of the molecule is CCOC(=O)c1cnc2ccc(C)cc2c1Nc1ccc(OCC)cc1. The maximum Gasteiger partial charge on any atom is 0.341 e. The average Bonchev–Trinajstić information content (AvgIpc) is 2.64. The maximum absolute atomic E-state index is 12.4. The fourth-order valence-corrected chi connectivity index (χ4v) is 2.75. The standard InChI is InChI=1S/C21H22N2O3/c1-4-25-16-9-7-15(8-10-16)23-20-17-12-14(3)6-11-19(17)22-13-18(20)21(24)26-5-2/h6-13H,4-5H2,1-3H3,(H,22,23). The molecule has 134 valence electrons. The molecular weight excluding hydrogens is 328 g/mol. The smallest absolute Gasteiger partial charge is 0.341 e. The van der Waals surface area contributed by atoms with Crippen LogP contribution in [0.3, 0.4) is 0 Å². The summed E-state index contributed by atoms with van der Waals surface area (Å²) in [4.78, 5) is 16.8. The van der Waals surface area contributed by atoms with Gasteiger partial charge in [0.2, 0.25) is 0 Å². The third-order valence-electron chi connectivity index (χ3n) is 3.95. The van der Waals surface area contributed by atoms with E-state index in [4.69, 9.17) is 9.47 Å². The van der Waals surface area contributed by atoms with Crippen LogP contribution in [-0.4, -0.2) is 24.2 Å². The molecule has 26 heavy (non-hydrogen) atoms. The number of aromatic nitrogens is 1. The number of benzene rings is 2. The number of rotatable bonds is 6. The minimum absolute atomic E-state index is 0.313. The van der Waals surface area contributed by atoms with Crippen LogP contribution in [0.4, 0.5) is 11.4 Å². The maximum atomic E-state index is 12.4. The molecule has 0 aliphatic carbocycles. The van der Waals surface area contributed by atoms with Crippen LogP contribution in [0.15, 0.2) is 48.7 Å². The molecule has 0 unspecified atom stereocenters. The Hall–Kier alpha value is -3.08. The molecular formula is C21H22N2O3. The Morgan fingerprint density at radius 2 is 1.85 bits per heavy atom. The van der Waals surface area contributed by atoms with Gasteiger partial charge in [-0.3, -0.25) is 4.98 Å². The van der Waals surface area contributed by atoms with Crippen molar-refractivity contribution in [3.8, 4) is 5.75 Å². The van der Waals surface area contributed by atoms with Crippen molar-refractivity contribution in [3.05, 3.63) is 59.8 Å². The predicted octanol–water partition coefficient (Wildman–Crippen LogP) is 4.86. The van der Waals surface area contributed by atoms with Gasteiger partial charge in [0.1, 0.15) is 11.3 Å². The highest BCUT2D eigenvalue weighted by Gasteiger charge is 2.17. The number of anilines is 2. The molecule has 0 spiro atoms. The van der Waals surface area contributed by atoms with Gasteiger partial charge in [-0.2, -0.15) is 0 Å². The van der Waals surface area contributed by atoms with Gasteiger partial charge >= 0.3 is 5.97 Å². The molecule has 1 N–H and O–H groups in total. The van der Waals surface area contributed by atoms with Crippen LogP contribution >= 0.6 is 0 Å². The minimum Gasteiger partial charge on any atom is -0.494 e. The van der Waals surface area contributed by atoms with Crippen LogP contribution in [0.1, 0.15) is 29.8 Å². The van der Waals surface area contributed by atoms with E-state index in [1.54, 1.807) is 13.1 Å². The van der Waals surface area contributed by atoms with E-state index in [0.717, 1.165) is 27.9 Å². The quantitative estimate of drug-likeness (QED) is 0.643. The van der Waals surface area contributed by atoms with Gasteiger partial charge < -0.3 is 14.8 Å². The summed E-state index contributed by atoms with van der Waals surface area (Å²) in [6.07, 6.45) is 1.56. The third-order valence-corrected chi connectivity index (χ3v) is 3.95. The van der Waals surface area contributed by atoms with E-state index in [1.165, 1.54) is 0 Å². The summed E-state index contributed by atoms with van der Waals surface area (Å²) in [6, 6.07) is 13.6. The van der Waals surface area contributed by atoms with Crippen molar-refractivity contribution < 1.29 is 14.3 Å². The fraction of sp³-hybridized carbons (Fsp3) is 0.238. The highest BCUT2D eigenvalue weighted by Crippen LogP contribution is 2.31. The summed E-state index contributed by atoms with van der Waals surface area (Å²) in [7, 11) is 0. The summed E-state index contributed by atoms with van der Waals surface area (Å²) in [6.45, 7) is 6.68. The normalized spacial score (nSPS) is 10.6. The zero-order chi connectivity index (χ0) is 18.5. The van der Waals surface area contributed by atoms with E-state index in [1.807, 2.05) is 56.3 Å². The molecule has 0 saturated heterocycles. The number of hydrogen-bond donors (Lipinski definition) is 1. The Balaban J connectivity index is 2.06. The number of nitrogens with one attached hydrogen (secondary N) is 1. The molecule has 0 atom stereocenters. The zero-order valence-corrected chi connectivity index (χ0v) is 15.2. The number of fused-ring (bicyclic) bond motifs is 1. The van der Waals surface area contributed by atoms with Crippen LogP contribution in [0, 0.1) is 6.92 Å². The number of esters is 1. The van der Waals surface area contributed by atoms with Crippen LogP contribution in [-0.2, 0) is 4.74 Å². The third kappa shape index (κ3) is 3.77. The van der Waals surface area contributed by atoms with Gasteiger partial charge in [0.25, 0.3) is 0 Å². The van der Waals surface area contributed by atoms with Gasteiger partial charge in [-0.25, -0.2) is 4.79 Å². The van der Waals surface area contributed by atoms with Crippen LogP contribution in [0.2, 0.25) is 0 Å². The highest BCUT2D eigenvalue weighted by molar-refractivity contribution is 6.06. The summed E-state index contributed by atoms with van der Waals surface area (Å²) < 4.78 is 10.7. The summed E-state index contributed by atoms with van der Waals surface area (Å²) >= 11 is 0. The number of pyridine rings is 1. The lowest BCUT2D eigenvalue weighted by Crippen LogP contribution is -2.09. The van der Waals surface area contributed by atoms with E-state index < -0.39 is 5.97 Å². The van der Waals surface area contributed by atoms with Crippen molar-refractivity contribution >= 4 is 28.2 Å². The largest absolute Gasteiger partial charge is 0.494 e. The second-order valence-corrected chi connectivity index (χ2v) is 5.87. The van der Waals surface area contributed by atoms with Crippen molar-refractivity contribution in [1.29, 1.82) is 0 Å². The lowest BCUT2D eigenvalue weighted by molar-refractivity contribution is 0.0527. The summed E-state index contributed by atoms with van der Waals surface area (Å²) in [5.41, 5.74) is 3.88. The molecule has 5 heteroatoms. The van der Waals surface area contributed by atoms with Crippen molar-refractivity contribution in [3.63, 3.8) is 0 Å². The van der Waals surface area contributed by atoms with E-state index in [0.29, 0.717) is 24.5 Å². The first-order valence-corrected chi connectivity index (χ1v) is 8.68. The second-order valence-electron chi connectivity index (χ2n) is 5.87. The predicted molar refractivity (Wildman–Crippen MR) is 103 cm³/mol. The lowest BCUT2D eigenvalue weighted by Gasteiger charge is -2.15. The van der Waals surface area contributed by atoms with Crippen LogP contribution in [0.5, 0.6) is 5.75 Å². The first kappa shape index (κ1) is 17.7. The van der Waals surface area contributed by atoms with Gasteiger partial charge in [-0.15, -0.1) is 0 Å². The van der Waals surface area contributed by atoms with Gasteiger partial charge in [0.15, 0.2) is 0 Å². The molecule has 3 aromatic rings. The van der Waals surface area contributed by atoms with Gasteiger partial charge in [0, 0.05) is 17.3 Å². The second kappa shape index (κ2) is 7.87. The van der Waals surface area contributed by atoms with E-state index >= 15 is 0 Å². The Bertz CT molecular complexity index is 920. The highest BCUT2D eigenvalue weighted by atomic mass is 16.5. The zero-order valence-electron chi connectivity index (χ0n) is 15.2. The molecule has 0 aliphatic heterocycles. The fourth-order valence-electron chi connectivity index (χ4n) is 2.75. The molecule has 3 rings (SSSR count). The number of nitrogens with zero attached hydrogens (tertiary/aromatic N) is 1. The molecule has 1 heterocycles. The van der Waals surface area contributed by atoms with Gasteiger partial charge in [0.05, 0.1) is 24.4 Å².